The molecule has 0 aromatic rings. The van der Waals surface area contributed by atoms with Gasteiger partial charge in [0, 0.05) is 31.7 Å². The van der Waals surface area contributed by atoms with E-state index in [1.54, 1.807) is 0 Å². The van der Waals surface area contributed by atoms with Gasteiger partial charge in [0.2, 0.25) is 5.91 Å². The van der Waals surface area contributed by atoms with Crippen LogP contribution in [0.3, 0.4) is 0 Å². The van der Waals surface area contributed by atoms with E-state index < -0.39 is 0 Å². The van der Waals surface area contributed by atoms with Crippen LogP contribution in [-0.2, 0) is 4.79 Å². The van der Waals surface area contributed by atoms with Gasteiger partial charge in [-0.2, -0.15) is 0 Å². The molecular formula is C14H26N2O2. The van der Waals surface area contributed by atoms with Crippen LogP contribution in [-0.4, -0.2) is 60.1 Å². The second-order valence-corrected chi connectivity index (χ2v) is 6.22. The zero-order valence-electron chi connectivity index (χ0n) is 11.5. The molecule has 2 aliphatic rings. The average molecular weight is 254 g/mol. The predicted octanol–water partition coefficient (Wildman–Crippen LogP) is 1.09. The van der Waals surface area contributed by atoms with Crippen molar-refractivity contribution in [3.05, 3.63) is 0 Å². The van der Waals surface area contributed by atoms with Crippen molar-refractivity contribution in [2.45, 2.75) is 39.0 Å². The van der Waals surface area contributed by atoms with Gasteiger partial charge in [-0.3, -0.25) is 9.69 Å². The van der Waals surface area contributed by atoms with E-state index in [0.29, 0.717) is 6.54 Å². The number of amides is 1. The number of likely N-dealkylation sites (tertiary alicyclic amines) is 2. The molecule has 2 saturated heterocycles. The number of carbonyl (C=O) groups excluding carboxylic acids is 1. The largest absolute Gasteiger partial charge is 0.396 e. The minimum absolute atomic E-state index is 0.0135. The highest BCUT2D eigenvalue weighted by Crippen LogP contribution is 2.28. The van der Waals surface area contributed by atoms with E-state index in [-0.39, 0.29) is 17.9 Å². The highest BCUT2D eigenvalue weighted by atomic mass is 16.3. The molecule has 0 aromatic heterocycles. The Hall–Kier alpha value is -0.610. The Morgan fingerprint density at radius 3 is 2.56 bits per heavy atom. The molecule has 1 N–H and O–H groups in total. The SMILES string of the molecule is CC1(CO)CCCN(CC(=O)N2CCCCC2)C1. The lowest BCUT2D eigenvalue weighted by Gasteiger charge is -2.40. The molecule has 2 aliphatic heterocycles. The quantitative estimate of drug-likeness (QED) is 0.820. The minimum atomic E-state index is -0.0135. The third kappa shape index (κ3) is 3.45. The molecule has 0 radical (unpaired) electrons. The lowest BCUT2D eigenvalue weighted by Crippen LogP contribution is -2.49. The van der Waals surface area contributed by atoms with Gasteiger partial charge in [0.1, 0.15) is 0 Å². The van der Waals surface area contributed by atoms with Gasteiger partial charge in [-0.15, -0.1) is 0 Å². The van der Waals surface area contributed by atoms with Gasteiger partial charge < -0.3 is 10.0 Å². The predicted molar refractivity (Wildman–Crippen MR) is 71.3 cm³/mol. The van der Waals surface area contributed by atoms with Crippen LogP contribution in [0.25, 0.3) is 0 Å². The molecule has 4 nitrogen and oxygen atoms in total. The normalized spacial score (nSPS) is 30.4. The smallest absolute Gasteiger partial charge is 0.236 e. The van der Waals surface area contributed by atoms with Gasteiger partial charge in [-0.25, -0.2) is 0 Å². The van der Waals surface area contributed by atoms with E-state index in [1.807, 2.05) is 4.90 Å². The second kappa shape index (κ2) is 6.02. The minimum Gasteiger partial charge on any atom is -0.396 e. The molecule has 2 fully saturated rings. The molecule has 0 bridgehead atoms. The molecule has 1 atom stereocenters. The Bertz CT molecular complexity index is 290. The Labute approximate surface area is 110 Å². The molecule has 2 rings (SSSR count). The van der Waals surface area contributed by atoms with Gasteiger partial charge in [0.15, 0.2) is 0 Å². The number of carbonyl (C=O) groups is 1. The van der Waals surface area contributed by atoms with E-state index in [4.69, 9.17) is 0 Å². The van der Waals surface area contributed by atoms with Gasteiger partial charge in [0.25, 0.3) is 0 Å². The van der Waals surface area contributed by atoms with Crippen molar-refractivity contribution in [3.63, 3.8) is 0 Å². The molecule has 0 aliphatic carbocycles. The molecule has 4 heteroatoms. The van der Waals surface area contributed by atoms with Crippen LogP contribution in [0.15, 0.2) is 0 Å². The van der Waals surface area contributed by atoms with Crippen molar-refractivity contribution in [1.29, 1.82) is 0 Å². The van der Waals surface area contributed by atoms with Crippen molar-refractivity contribution < 1.29 is 9.90 Å². The van der Waals surface area contributed by atoms with Crippen molar-refractivity contribution >= 4 is 5.91 Å². The topological polar surface area (TPSA) is 43.8 Å². The first kappa shape index (κ1) is 13.8. The third-order valence-corrected chi connectivity index (χ3v) is 4.31. The summed E-state index contributed by atoms with van der Waals surface area (Å²) in [6.45, 7) is 6.59. The fraction of sp³-hybridized carbons (Fsp3) is 0.929. The van der Waals surface area contributed by atoms with Crippen molar-refractivity contribution in [3.8, 4) is 0 Å². The van der Waals surface area contributed by atoms with Crippen LogP contribution in [0.1, 0.15) is 39.0 Å². The molecule has 0 aromatic carbocycles. The summed E-state index contributed by atoms with van der Waals surface area (Å²) in [5.41, 5.74) is -0.0135. The molecule has 0 spiro atoms. The van der Waals surface area contributed by atoms with Crippen LogP contribution in [0.4, 0.5) is 0 Å². The Morgan fingerprint density at radius 2 is 1.89 bits per heavy atom. The summed E-state index contributed by atoms with van der Waals surface area (Å²) < 4.78 is 0. The number of hydrogen-bond donors (Lipinski definition) is 1. The number of hydrogen-bond acceptors (Lipinski definition) is 3. The zero-order valence-corrected chi connectivity index (χ0v) is 11.5. The molecule has 1 amide bonds. The Morgan fingerprint density at radius 1 is 1.17 bits per heavy atom. The van der Waals surface area contributed by atoms with Crippen LogP contribution in [0, 0.1) is 5.41 Å². The maximum atomic E-state index is 12.2. The van der Waals surface area contributed by atoms with Gasteiger partial charge in [-0.05, 0) is 38.6 Å². The summed E-state index contributed by atoms with van der Waals surface area (Å²) in [7, 11) is 0. The summed E-state index contributed by atoms with van der Waals surface area (Å²) in [5, 5.41) is 9.43. The maximum Gasteiger partial charge on any atom is 0.236 e. The summed E-state index contributed by atoms with van der Waals surface area (Å²) >= 11 is 0. The number of rotatable bonds is 3. The second-order valence-electron chi connectivity index (χ2n) is 6.22. The zero-order chi connectivity index (χ0) is 13.0. The number of aliphatic hydroxyl groups is 1. The first-order chi connectivity index (χ1) is 8.63. The summed E-state index contributed by atoms with van der Waals surface area (Å²) in [6, 6.07) is 0. The maximum absolute atomic E-state index is 12.2. The van der Waals surface area contributed by atoms with Gasteiger partial charge in [-0.1, -0.05) is 6.92 Å². The molecule has 104 valence electrons. The molecule has 1 unspecified atom stereocenters. The standard InChI is InChI=1S/C14H26N2O2/c1-14(12-17)6-5-7-15(11-14)10-13(18)16-8-3-2-4-9-16/h17H,2-12H2,1H3. The fourth-order valence-electron chi connectivity index (χ4n) is 3.13. The average Bonchev–Trinajstić information content (AvgIpc) is 2.40. The third-order valence-electron chi connectivity index (χ3n) is 4.31. The van der Waals surface area contributed by atoms with Gasteiger partial charge in [0.05, 0.1) is 6.54 Å². The number of piperidine rings is 2. The number of aliphatic hydroxyl groups excluding tert-OH is 1. The van der Waals surface area contributed by atoms with E-state index in [9.17, 15) is 9.90 Å². The van der Waals surface area contributed by atoms with Crippen LogP contribution >= 0.6 is 0 Å². The summed E-state index contributed by atoms with van der Waals surface area (Å²) in [6.07, 6.45) is 5.72. The molecule has 2 heterocycles. The lowest BCUT2D eigenvalue weighted by molar-refractivity contribution is -0.134. The van der Waals surface area contributed by atoms with E-state index in [0.717, 1.165) is 51.9 Å². The number of nitrogens with zero attached hydrogens (tertiary/aromatic N) is 2. The summed E-state index contributed by atoms with van der Waals surface area (Å²) in [5.74, 6) is 0.275. The van der Waals surface area contributed by atoms with Crippen LogP contribution in [0.5, 0.6) is 0 Å². The van der Waals surface area contributed by atoms with Crippen LogP contribution < -0.4 is 0 Å². The highest BCUT2D eigenvalue weighted by Gasteiger charge is 2.31. The van der Waals surface area contributed by atoms with E-state index in [1.165, 1.54) is 6.42 Å². The molecular weight excluding hydrogens is 228 g/mol. The lowest BCUT2D eigenvalue weighted by atomic mass is 9.83. The van der Waals surface area contributed by atoms with Crippen LogP contribution in [0.2, 0.25) is 0 Å². The van der Waals surface area contributed by atoms with E-state index in [2.05, 4.69) is 11.8 Å². The molecule has 18 heavy (non-hydrogen) atoms. The molecule has 0 saturated carbocycles. The van der Waals surface area contributed by atoms with Crippen molar-refractivity contribution in [2.24, 2.45) is 5.41 Å². The Kier molecular flexibility index (Phi) is 4.62. The summed E-state index contributed by atoms with van der Waals surface area (Å²) in [4.78, 5) is 16.4. The monoisotopic (exact) mass is 254 g/mol. The van der Waals surface area contributed by atoms with Crippen molar-refractivity contribution in [1.82, 2.24) is 9.80 Å². The van der Waals surface area contributed by atoms with E-state index >= 15 is 0 Å². The van der Waals surface area contributed by atoms with Gasteiger partial charge >= 0.3 is 0 Å². The first-order valence-electron chi connectivity index (χ1n) is 7.24. The highest BCUT2D eigenvalue weighted by molar-refractivity contribution is 5.78. The fourth-order valence-corrected chi connectivity index (χ4v) is 3.13. The van der Waals surface area contributed by atoms with Crippen molar-refractivity contribution in [2.75, 3.05) is 39.3 Å². The Balaban J connectivity index is 1.83. The first-order valence-corrected chi connectivity index (χ1v) is 7.24.